The molecule has 0 aromatic heterocycles. The first-order valence-corrected chi connectivity index (χ1v) is 18.7. The molecule has 3 atom stereocenters. The van der Waals surface area contributed by atoms with Gasteiger partial charge in [0.1, 0.15) is 23.1 Å². The standard InChI is InChI=1S/C23H23N3O3.C22H23FN2O3/c1-16(22(27)28)26(2)11-3-10-23(20-7-4-17(13-24)5-8-20)21-9-6-18(14-25)12-19(21)15-29-23;1-15-10-18(5-7-20(15)23)22(8-3-9-25(2)13-21(26)27)19-6-4-16(12-24)11-17(19)14-28-22/h4-9,12,16H,3,10-11,15H2,1-2H3,(H,27,28);4-7,10-11H,3,8-9,13-14H2,1-2H3,(H,26,27)/t16-,23?;/m0./s1. The lowest BCUT2D eigenvalue weighted by Gasteiger charge is -2.32. The Balaban J connectivity index is 0.000000218. The molecule has 2 heterocycles. The molecule has 11 nitrogen and oxygen atoms in total. The first kappa shape index (κ1) is 42.2. The van der Waals surface area contributed by atoms with Gasteiger partial charge in [0.05, 0.1) is 54.7 Å². The molecule has 0 radical (unpaired) electrons. The fourth-order valence-electron chi connectivity index (χ4n) is 7.67. The topological polar surface area (TPSA) is 171 Å². The number of carboxylic acid groups (broad SMARTS) is 2. The lowest BCUT2D eigenvalue weighted by Crippen LogP contribution is -2.37. The zero-order valence-corrected chi connectivity index (χ0v) is 32.6. The Morgan fingerprint density at radius 2 is 1.25 bits per heavy atom. The molecule has 12 heteroatoms. The maximum Gasteiger partial charge on any atom is 0.320 e. The molecule has 6 rings (SSSR count). The van der Waals surface area contributed by atoms with Crippen molar-refractivity contribution in [2.45, 2.75) is 70.0 Å². The van der Waals surface area contributed by atoms with Crippen molar-refractivity contribution in [3.05, 3.63) is 140 Å². The highest BCUT2D eigenvalue weighted by Crippen LogP contribution is 2.47. The summed E-state index contributed by atoms with van der Waals surface area (Å²) in [6.07, 6.45) is 2.72. The number of hydrogen-bond acceptors (Lipinski definition) is 9. The van der Waals surface area contributed by atoms with Gasteiger partial charge in [0.25, 0.3) is 0 Å². The van der Waals surface area contributed by atoms with Gasteiger partial charge < -0.3 is 19.7 Å². The van der Waals surface area contributed by atoms with Crippen molar-refractivity contribution in [1.29, 1.82) is 15.8 Å². The molecule has 2 aliphatic heterocycles. The fraction of sp³-hybridized carbons (Fsp3) is 0.356. The van der Waals surface area contributed by atoms with Crippen LogP contribution in [0, 0.1) is 46.7 Å². The molecule has 57 heavy (non-hydrogen) atoms. The molecule has 4 aromatic rings. The second-order valence-electron chi connectivity index (χ2n) is 14.7. The summed E-state index contributed by atoms with van der Waals surface area (Å²) in [5, 5.41) is 45.6. The second-order valence-corrected chi connectivity index (χ2v) is 14.7. The molecule has 4 aromatic carbocycles. The van der Waals surface area contributed by atoms with Gasteiger partial charge in [-0.1, -0.05) is 30.3 Å². The number of rotatable bonds is 14. The number of benzene rings is 4. The summed E-state index contributed by atoms with van der Waals surface area (Å²) in [4.78, 5) is 25.6. The molecule has 0 saturated carbocycles. The molecule has 0 bridgehead atoms. The molecule has 294 valence electrons. The van der Waals surface area contributed by atoms with Crippen LogP contribution in [0.15, 0.2) is 78.9 Å². The minimum Gasteiger partial charge on any atom is -0.480 e. The molecule has 2 aliphatic rings. The highest BCUT2D eigenvalue weighted by Gasteiger charge is 2.43. The van der Waals surface area contributed by atoms with E-state index in [4.69, 9.17) is 19.8 Å². The van der Waals surface area contributed by atoms with Crippen molar-refractivity contribution in [1.82, 2.24) is 9.80 Å². The van der Waals surface area contributed by atoms with Crippen molar-refractivity contribution in [2.24, 2.45) is 0 Å². The number of nitriles is 3. The smallest absolute Gasteiger partial charge is 0.320 e. The Hall–Kier alpha value is -5.94. The third-order valence-electron chi connectivity index (χ3n) is 10.9. The summed E-state index contributed by atoms with van der Waals surface area (Å²) in [6, 6.07) is 29.4. The number of hydrogen-bond donors (Lipinski definition) is 2. The Bertz CT molecular complexity index is 2240. The number of aryl methyl sites for hydroxylation is 1. The summed E-state index contributed by atoms with van der Waals surface area (Å²) < 4.78 is 26.5. The third kappa shape index (κ3) is 9.37. The van der Waals surface area contributed by atoms with Gasteiger partial charge in [-0.25, -0.2) is 4.39 Å². The van der Waals surface area contributed by atoms with E-state index >= 15 is 0 Å². The van der Waals surface area contributed by atoms with E-state index < -0.39 is 29.2 Å². The van der Waals surface area contributed by atoms with Crippen LogP contribution in [0.2, 0.25) is 0 Å². The molecule has 0 saturated heterocycles. The third-order valence-corrected chi connectivity index (χ3v) is 10.9. The molecule has 0 amide bonds. The summed E-state index contributed by atoms with van der Waals surface area (Å²) >= 11 is 0. The van der Waals surface area contributed by atoms with Crippen LogP contribution in [-0.4, -0.2) is 71.7 Å². The summed E-state index contributed by atoms with van der Waals surface area (Å²) in [7, 11) is 3.57. The number of ether oxygens (including phenoxy) is 2. The molecule has 2 N–H and O–H groups in total. The largest absolute Gasteiger partial charge is 0.480 e. The van der Waals surface area contributed by atoms with Crippen LogP contribution in [-0.2, 0) is 43.5 Å². The van der Waals surface area contributed by atoms with E-state index in [1.165, 1.54) is 6.07 Å². The van der Waals surface area contributed by atoms with Crippen molar-refractivity contribution < 1.29 is 33.7 Å². The van der Waals surface area contributed by atoms with Gasteiger partial charge in [-0.3, -0.25) is 19.4 Å². The number of likely N-dealkylation sites (N-methyl/N-ethyl adjacent to an activating group) is 2. The predicted molar refractivity (Wildman–Crippen MR) is 209 cm³/mol. The molecule has 0 spiro atoms. The first-order chi connectivity index (χ1) is 27.3. The van der Waals surface area contributed by atoms with Crippen molar-refractivity contribution >= 4 is 11.9 Å². The fourth-order valence-corrected chi connectivity index (χ4v) is 7.67. The van der Waals surface area contributed by atoms with E-state index in [9.17, 15) is 29.6 Å². The SMILES string of the molecule is C[C@@H](C(=O)O)N(C)CCCC1(c2ccc(C#N)cc2)OCc2cc(C#N)ccc21.Cc1cc(C2(CCCN(C)CC(=O)O)OCc3cc(C#N)ccc32)ccc1F. The van der Waals surface area contributed by atoms with E-state index in [0.29, 0.717) is 67.8 Å². The first-order valence-electron chi connectivity index (χ1n) is 18.7. The average molecular weight is 772 g/mol. The van der Waals surface area contributed by atoms with Gasteiger partial charge in [-0.2, -0.15) is 15.8 Å². The van der Waals surface area contributed by atoms with Crippen LogP contribution in [0.4, 0.5) is 4.39 Å². The molecular formula is C45H46FN5O6. The lowest BCUT2D eigenvalue weighted by atomic mass is 9.81. The quantitative estimate of drug-likeness (QED) is 0.136. The van der Waals surface area contributed by atoms with Crippen LogP contribution in [0.5, 0.6) is 0 Å². The van der Waals surface area contributed by atoms with Gasteiger partial charge >= 0.3 is 11.9 Å². The van der Waals surface area contributed by atoms with Crippen molar-refractivity contribution in [2.75, 3.05) is 33.7 Å². The Kier molecular flexibility index (Phi) is 13.6. The van der Waals surface area contributed by atoms with Gasteiger partial charge in [0.15, 0.2) is 0 Å². The van der Waals surface area contributed by atoms with E-state index in [-0.39, 0.29) is 12.4 Å². The average Bonchev–Trinajstić information content (AvgIpc) is 3.77. The highest BCUT2D eigenvalue weighted by molar-refractivity contribution is 5.72. The maximum absolute atomic E-state index is 13.8. The van der Waals surface area contributed by atoms with Gasteiger partial charge in [-0.15, -0.1) is 0 Å². The van der Waals surface area contributed by atoms with Crippen LogP contribution in [0.3, 0.4) is 0 Å². The molecule has 0 aliphatic carbocycles. The monoisotopic (exact) mass is 771 g/mol. The van der Waals surface area contributed by atoms with Crippen molar-refractivity contribution in [3.8, 4) is 18.2 Å². The Morgan fingerprint density at radius 1 is 0.754 bits per heavy atom. The second kappa shape index (κ2) is 18.3. The van der Waals surface area contributed by atoms with Crippen LogP contribution < -0.4 is 0 Å². The van der Waals surface area contributed by atoms with E-state index in [0.717, 1.165) is 39.8 Å². The van der Waals surface area contributed by atoms with Crippen LogP contribution in [0.1, 0.15) is 88.2 Å². The Morgan fingerprint density at radius 3 is 1.74 bits per heavy atom. The van der Waals surface area contributed by atoms with Gasteiger partial charge in [0, 0.05) is 0 Å². The minimum absolute atomic E-state index is 0.0222. The van der Waals surface area contributed by atoms with Crippen LogP contribution in [0.25, 0.3) is 0 Å². The normalized spacial score (nSPS) is 18.4. The number of aliphatic carboxylic acids is 2. The molecular weight excluding hydrogens is 726 g/mol. The number of carbonyl (C=O) groups is 2. The predicted octanol–water partition coefficient (Wildman–Crippen LogP) is 6.97. The summed E-state index contributed by atoms with van der Waals surface area (Å²) in [6.45, 7) is 5.37. The number of nitrogens with zero attached hydrogens (tertiary/aromatic N) is 5. The maximum atomic E-state index is 13.8. The molecule has 2 unspecified atom stereocenters. The van der Waals surface area contributed by atoms with E-state index in [1.54, 1.807) is 63.2 Å². The molecule has 0 fully saturated rings. The number of halogens is 1. The van der Waals surface area contributed by atoms with E-state index in [2.05, 4.69) is 18.2 Å². The number of fused-ring (bicyclic) bond motifs is 2. The van der Waals surface area contributed by atoms with Crippen molar-refractivity contribution in [3.63, 3.8) is 0 Å². The minimum atomic E-state index is -0.863. The number of carboxylic acids is 2. The van der Waals surface area contributed by atoms with Gasteiger partial charge in [0.2, 0.25) is 0 Å². The van der Waals surface area contributed by atoms with Gasteiger partial charge in [-0.05, 0) is 154 Å². The van der Waals surface area contributed by atoms with Crippen LogP contribution >= 0.6 is 0 Å². The zero-order chi connectivity index (χ0) is 41.3. The zero-order valence-electron chi connectivity index (χ0n) is 32.6. The summed E-state index contributed by atoms with van der Waals surface area (Å²) in [5.41, 5.74) is 6.67. The van der Waals surface area contributed by atoms with E-state index in [1.807, 2.05) is 47.4 Å². The highest BCUT2D eigenvalue weighted by atomic mass is 19.1. The Labute approximate surface area is 332 Å². The lowest BCUT2D eigenvalue weighted by molar-refractivity contribution is -0.142. The summed E-state index contributed by atoms with van der Waals surface area (Å²) in [5.74, 6) is -1.98.